The maximum absolute atomic E-state index is 12.6. The van der Waals surface area contributed by atoms with Crippen molar-refractivity contribution in [3.63, 3.8) is 0 Å². The molecule has 0 radical (unpaired) electrons. The maximum Gasteiger partial charge on any atom is 0.193 e. The summed E-state index contributed by atoms with van der Waals surface area (Å²) in [7, 11) is 0. The van der Waals surface area contributed by atoms with Crippen molar-refractivity contribution < 1.29 is 9.53 Å². The van der Waals surface area contributed by atoms with Gasteiger partial charge in [-0.3, -0.25) is 4.79 Å². The highest BCUT2D eigenvalue weighted by Gasteiger charge is 2.18. The number of fused-ring (bicyclic) bond motifs is 2. The molecule has 0 saturated heterocycles. The predicted octanol–water partition coefficient (Wildman–Crippen LogP) is 3.34. The number of benzene rings is 2. The summed E-state index contributed by atoms with van der Waals surface area (Å²) >= 11 is 0. The molecular weight excluding hydrogens is 248 g/mol. The number of hydrogen-bond acceptors (Lipinski definition) is 2. The van der Waals surface area contributed by atoms with Crippen molar-refractivity contribution in [1.82, 2.24) is 0 Å². The van der Waals surface area contributed by atoms with Crippen LogP contribution in [0.3, 0.4) is 0 Å². The second-order valence-electron chi connectivity index (χ2n) is 5.59. The van der Waals surface area contributed by atoms with E-state index in [1.165, 1.54) is 17.5 Å². The largest absolute Gasteiger partial charge is 0.493 e. The highest BCUT2D eigenvalue weighted by atomic mass is 16.5. The first kappa shape index (κ1) is 11.7. The first-order chi connectivity index (χ1) is 9.81. The average Bonchev–Trinajstić information content (AvgIpc) is 3.13. The van der Waals surface area contributed by atoms with E-state index in [0.717, 1.165) is 48.3 Å². The Bertz CT molecular complexity index is 641. The van der Waals surface area contributed by atoms with Crippen LogP contribution in [0.5, 0.6) is 5.75 Å². The molecule has 0 spiro atoms. The smallest absolute Gasteiger partial charge is 0.193 e. The van der Waals surface area contributed by atoms with Crippen molar-refractivity contribution in [2.45, 2.75) is 25.7 Å². The summed E-state index contributed by atoms with van der Waals surface area (Å²) in [4.78, 5) is 12.6. The molecule has 2 nitrogen and oxygen atoms in total. The Morgan fingerprint density at radius 3 is 2.50 bits per heavy atom. The standard InChI is InChI=1S/C18H16O2/c19-18(15-5-4-12-2-1-3-13(12)10-15)16-6-7-17-14(11-16)8-9-20-17/h4-7,10-11H,1-3,8-9H2. The second-order valence-corrected chi connectivity index (χ2v) is 5.59. The Labute approximate surface area is 118 Å². The Kier molecular flexibility index (Phi) is 2.62. The van der Waals surface area contributed by atoms with Gasteiger partial charge in [-0.1, -0.05) is 12.1 Å². The molecule has 1 aliphatic heterocycles. The zero-order chi connectivity index (χ0) is 13.5. The van der Waals surface area contributed by atoms with Gasteiger partial charge in [0.2, 0.25) is 0 Å². The molecule has 1 heterocycles. The summed E-state index contributed by atoms with van der Waals surface area (Å²) in [5, 5.41) is 0. The lowest BCUT2D eigenvalue weighted by molar-refractivity contribution is 0.103. The van der Waals surface area contributed by atoms with Crippen LogP contribution < -0.4 is 4.74 Å². The van der Waals surface area contributed by atoms with E-state index in [1.807, 2.05) is 24.3 Å². The third-order valence-electron chi connectivity index (χ3n) is 4.31. The molecule has 2 aromatic rings. The van der Waals surface area contributed by atoms with E-state index in [0.29, 0.717) is 0 Å². The number of hydrogen-bond donors (Lipinski definition) is 0. The van der Waals surface area contributed by atoms with Gasteiger partial charge in [0.1, 0.15) is 5.75 Å². The Morgan fingerprint density at radius 1 is 0.850 bits per heavy atom. The lowest BCUT2D eigenvalue weighted by atomic mass is 9.98. The molecule has 0 aromatic heterocycles. The van der Waals surface area contributed by atoms with Crippen LogP contribution in [0.15, 0.2) is 36.4 Å². The van der Waals surface area contributed by atoms with E-state index < -0.39 is 0 Å². The molecule has 0 unspecified atom stereocenters. The van der Waals surface area contributed by atoms with Crippen LogP contribution in [0.25, 0.3) is 0 Å². The molecule has 20 heavy (non-hydrogen) atoms. The quantitative estimate of drug-likeness (QED) is 0.778. The minimum atomic E-state index is 0.120. The van der Waals surface area contributed by atoms with E-state index >= 15 is 0 Å². The lowest BCUT2D eigenvalue weighted by Gasteiger charge is -2.06. The zero-order valence-electron chi connectivity index (χ0n) is 11.3. The summed E-state index contributed by atoms with van der Waals surface area (Å²) in [6, 6.07) is 11.9. The molecule has 100 valence electrons. The lowest BCUT2D eigenvalue weighted by Crippen LogP contribution is -2.02. The molecule has 0 N–H and O–H groups in total. The Balaban J connectivity index is 1.70. The van der Waals surface area contributed by atoms with Crippen molar-refractivity contribution in [2.24, 2.45) is 0 Å². The molecular formula is C18H16O2. The van der Waals surface area contributed by atoms with Gasteiger partial charge in [0, 0.05) is 17.5 Å². The van der Waals surface area contributed by atoms with Crippen molar-refractivity contribution in [3.05, 3.63) is 64.2 Å². The molecule has 4 rings (SSSR count). The molecule has 2 aliphatic rings. The minimum Gasteiger partial charge on any atom is -0.493 e. The van der Waals surface area contributed by atoms with Crippen molar-refractivity contribution in [3.8, 4) is 5.75 Å². The van der Waals surface area contributed by atoms with Crippen LogP contribution in [0.4, 0.5) is 0 Å². The molecule has 1 aliphatic carbocycles. The normalized spacial score (nSPS) is 15.6. The van der Waals surface area contributed by atoms with E-state index in [4.69, 9.17) is 4.74 Å². The van der Waals surface area contributed by atoms with Gasteiger partial charge in [-0.25, -0.2) is 0 Å². The van der Waals surface area contributed by atoms with E-state index in [1.54, 1.807) is 0 Å². The number of ether oxygens (including phenoxy) is 1. The number of carbonyl (C=O) groups is 1. The van der Waals surface area contributed by atoms with Crippen LogP contribution in [0.2, 0.25) is 0 Å². The van der Waals surface area contributed by atoms with Gasteiger partial charge < -0.3 is 4.74 Å². The van der Waals surface area contributed by atoms with E-state index in [2.05, 4.69) is 12.1 Å². The third kappa shape index (κ3) is 1.83. The van der Waals surface area contributed by atoms with Gasteiger partial charge in [0.25, 0.3) is 0 Å². The summed E-state index contributed by atoms with van der Waals surface area (Å²) in [6.07, 6.45) is 4.37. The molecule has 2 aromatic carbocycles. The molecule has 0 amide bonds. The molecule has 0 atom stereocenters. The van der Waals surface area contributed by atoms with Crippen LogP contribution in [-0.2, 0) is 19.3 Å². The van der Waals surface area contributed by atoms with Gasteiger partial charge in [0.15, 0.2) is 5.78 Å². The van der Waals surface area contributed by atoms with Crippen molar-refractivity contribution in [1.29, 1.82) is 0 Å². The monoisotopic (exact) mass is 264 g/mol. The molecule has 0 fully saturated rings. The fourth-order valence-corrected chi connectivity index (χ4v) is 3.21. The van der Waals surface area contributed by atoms with Gasteiger partial charge in [0.05, 0.1) is 6.61 Å². The third-order valence-corrected chi connectivity index (χ3v) is 4.31. The second kappa shape index (κ2) is 4.48. The summed E-state index contributed by atoms with van der Waals surface area (Å²) in [5.41, 5.74) is 5.48. The van der Waals surface area contributed by atoms with Gasteiger partial charge in [-0.05, 0) is 60.2 Å². The fourth-order valence-electron chi connectivity index (χ4n) is 3.21. The highest BCUT2D eigenvalue weighted by Crippen LogP contribution is 2.28. The number of ketones is 1. The number of rotatable bonds is 2. The highest BCUT2D eigenvalue weighted by molar-refractivity contribution is 6.09. The van der Waals surface area contributed by atoms with Gasteiger partial charge >= 0.3 is 0 Å². The Morgan fingerprint density at radius 2 is 1.60 bits per heavy atom. The van der Waals surface area contributed by atoms with Crippen LogP contribution in [0.1, 0.15) is 39.0 Å². The van der Waals surface area contributed by atoms with E-state index in [9.17, 15) is 4.79 Å². The van der Waals surface area contributed by atoms with Crippen molar-refractivity contribution >= 4 is 5.78 Å². The zero-order valence-corrected chi connectivity index (χ0v) is 11.3. The number of carbonyl (C=O) groups excluding carboxylic acids is 1. The predicted molar refractivity (Wildman–Crippen MR) is 77.5 cm³/mol. The topological polar surface area (TPSA) is 26.3 Å². The minimum absolute atomic E-state index is 0.120. The first-order valence-electron chi connectivity index (χ1n) is 7.23. The van der Waals surface area contributed by atoms with Crippen LogP contribution in [0, 0.1) is 0 Å². The summed E-state index contributed by atoms with van der Waals surface area (Å²) in [5.74, 6) is 1.05. The number of aryl methyl sites for hydroxylation is 2. The maximum atomic E-state index is 12.6. The first-order valence-corrected chi connectivity index (χ1v) is 7.23. The van der Waals surface area contributed by atoms with Gasteiger partial charge in [-0.15, -0.1) is 0 Å². The van der Waals surface area contributed by atoms with Crippen LogP contribution in [-0.4, -0.2) is 12.4 Å². The Hall–Kier alpha value is -2.09. The average molecular weight is 264 g/mol. The molecule has 2 heteroatoms. The molecule has 0 saturated carbocycles. The van der Waals surface area contributed by atoms with Crippen molar-refractivity contribution in [2.75, 3.05) is 6.61 Å². The summed E-state index contributed by atoms with van der Waals surface area (Å²) in [6.45, 7) is 0.728. The SMILES string of the molecule is O=C(c1ccc2c(c1)CCC2)c1ccc2c(c1)CCO2. The van der Waals surface area contributed by atoms with Crippen LogP contribution >= 0.6 is 0 Å². The van der Waals surface area contributed by atoms with Gasteiger partial charge in [-0.2, -0.15) is 0 Å². The van der Waals surface area contributed by atoms with E-state index in [-0.39, 0.29) is 5.78 Å². The fraction of sp³-hybridized carbons (Fsp3) is 0.278. The summed E-state index contributed by atoms with van der Waals surface area (Å²) < 4.78 is 5.49. The molecule has 0 bridgehead atoms.